The van der Waals surface area contributed by atoms with Gasteiger partial charge >= 0.3 is 18.0 Å². The Kier molecular flexibility index (Phi) is 6.09. The van der Waals surface area contributed by atoms with Crippen LogP contribution < -0.4 is 16.8 Å². The van der Waals surface area contributed by atoms with Crippen LogP contribution in [0.2, 0.25) is 0 Å². The number of urea groups is 2. The summed E-state index contributed by atoms with van der Waals surface area (Å²) in [6.07, 6.45) is 3.41. The van der Waals surface area contributed by atoms with E-state index in [1.165, 1.54) is 16.2 Å². The molecule has 28 heavy (non-hydrogen) atoms. The van der Waals surface area contributed by atoms with Crippen molar-refractivity contribution in [2.45, 2.75) is 25.4 Å². The molecule has 0 spiro atoms. The molecule has 1 unspecified atom stereocenters. The van der Waals surface area contributed by atoms with Gasteiger partial charge in [0.25, 0.3) is 0 Å². The van der Waals surface area contributed by atoms with Crippen molar-refractivity contribution in [1.82, 2.24) is 9.88 Å². The first-order chi connectivity index (χ1) is 13.4. The minimum absolute atomic E-state index is 0.194. The predicted molar refractivity (Wildman–Crippen MR) is 105 cm³/mol. The Morgan fingerprint density at radius 1 is 1.25 bits per heavy atom. The lowest BCUT2D eigenvalue weighted by Crippen LogP contribution is -2.41. The van der Waals surface area contributed by atoms with Gasteiger partial charge in [0.15, 0.2) is 0 Å². The second-order valence-corrected chi connectivity index (χ2v) is 7.42. The van der Waals surface area contributed by atoms with E-state index in [-0.39, 0.29) is 12.1 Å². The molecule has 1 aliphatic heterocycles. The molecule has 3 heterocycles. The molecular formula is C18H21N5O4S. The minimum Gasteiger partial charge on any atom is -0.457 e. The van der Waals surface area contributed by atoms with Crippen LogP contribution in [0.3, 0.4) is 0 Å². The summed E-state index contributed by atoms with van der Waals surface area (Å²) < 4.78 is 5.61. The van der Waals surface area contributed by atoms with Gasteiger partial charge in [0.1, 0.15) is 11.1 Å². The van der Waals surface area contributed by atoms with Crippen molar-refractivity contribution in [1.29, 1.82) is 0 Å². The maximum absolute atomic E-state index is 12.8. The summed E-state index contributed by atoms with van der Waals surface area (Å²) in [5.41, 5.74) is 11.5. The van der Waals surface area contributed by atoms with E-state index in [4.69, 9.17) is 16.2 Å². The largest absolute Gasteiger partial charge is 0.457 e. The van der Waals surface area contributed by atoms with Crippen molar-refractivity contribution < 1.29 is 19.1 Å². The number of likely N-dealkylation sites (tertiary alicyclic amines) is 1. The highest BCUT2D eigenvalue weighted by Crippen LogP contribution is 2.35. The number of nitrogens with two attached hydrogens (primary N) is 2. The van der Waals surface area contributed by atoms with E-state index in [0.29, 0.717) is 28.5 Å². The number of thiophene rings is 1. The van der Waals surface area contributed by atoms with E-state index in [1.807, 2.05) is 6.07 Å². The van der Waals surface area contributed by atoms with Crippen molar-refractivity contribution in [3.8, 4) is 10.6 Å². The van der Waals surface area contributed by atoms with Gasteiger partial charge < -0.3 is 21.1 Å². The van der Waals surface area contributed by atoms with Crippen molar-refractivity contribution in [2.75, 3.05) is 18.4 Å². The number of primary amides is 2. The number of carbonyl (C=O) groups excluding carboxylic acids is 3. The van der Waals surface area contributed by atoms with Crippen molar-refractivity contribution >= 4 is 34.4 Å². The number of pyridine rings is 1. The lowest BCUT2D eigenvalue weighted by atomic mass is 10.2. The predicted octanol–water partition coefficient (Wildman–Crippen LogP) is 2.39. The number of carbonyl (C=O) groups is 3. The van der Waals surface area contributed by atoms with Crippen LogP contribution >= 0.6 is 11.3 Å². The van der Waals surface area contributed by atoms with Gasteiger partial charge in [-0.15, -0.1) is 11.3 Å². The van der Waals surface area contributed by atoms with Gasteiger partial charge in [0.2, 0.25) is 0 Å². The highest BCUT2D eigenvalue weighted by Gasteiger charge is 2.26. The topological polar surface area (TPSA) is 141 Å². The Balaban J connectivity index is 1.82. The van der Waals surface area contributed by atoms with E-state index in [9.17, 15) is 14.4 Å². The number of amides is 4. The molecule has 10 heteroatoms. The summed E-state index contributed by atoms with van der Waals surface area (Å²) >= 11 is 1.18. The van der Waals surface area contributed by atoms with Crippen LogP contribution in [0.15, 0.2) is 30.5 Å². The van der Waals surface area contributed by atoms with Crippen LogP contribution in [0, 0.1) is 0 Å². The van der Waals surface area contributed by atoms with Crippen LogP contribution in [0.25, 0.3) is 10.6 Å². The fraction of sp³-hybridized carbons (Fsp3) is 0.333. The molecular weight excluding hydrogens is 382 g/mol. The molecule has 5 N–H and O–H groups in total. The third-order valence-corrected chi connectivity index (χ3v) is 5.39. The highest BCUT2D eigenvalue weighted by molar-refractivity contribution is 7.20. The van der Waals surface area contributed by atoms with Gasteiger partial charge in [-0.05, 0) is 37.5 Å². The number of hydrogen-bond acceptors (Lipinski definition) is 6. The molecule has 2 aromatic rings. The summed E-state index contributed by atoms with van der Waals surface area (Å²) in [6.45, 7) is 0.789. The van der Waals surface area contributed by atoms with Crippen molar-refractivity contribution in [3.05, 3.63) is 36.0 Å². The minimum atomic E-state index is -0.780. The molecule has 9 nitrogen and oxygen atoms in total. The number of anilines is 1. The zero-order chi connectivity index (χ0) is 20.1. The summed E-state index contributed by atoms with van der Waals surface area (Å²) in [5.74, 6) is -0.599. The molecule has 1 aliphatic rings. The summed E-state index contributed by atoms with van der Waals surface area (Å²) in [7, 11) is 0. The standard InChI is InChI=1S/C18H21N5O4S/c19-17(25)22-15-12(9-14(28-15)13-6-1-3-7-21-13)16(24)27-11-5-2-4-8-23(10-11)18(20)26/h1,3,6-7,9,11H,2,4-5,8,10H2,(H2,20,26)(H3,19,22,25). The fourth-order valence-corrected chi connectivity index (χ4v) is 4.02. The van der Waals surface area contributed by atoms with E-state index in [2.05, 4.69) is 10.3 Å². The highest BCUT2D eigenvalue weighted by atomic mass is 32.1. The zero-order valence-electron chi connectivity index (χ0n) is 15.1. The summed E-state index contributed by atoms with van der Waals surface area (Å²) in [6, 6.07) is 5.70. The average Bonchev–Trinajstić information content (AvgIpc) is 2.92. The number of esters is 1. The van der Waals surface area contributed by atoms with Crippen LogP contribution in [0.1, 0.15) is 29.6 Å². The number of nitrogens with one attached hydrogen (secondary N) is 1. The molecule has 0 saturated carbocycles. The molecule has 3 rings (SSSR count). The monoisotopic (exact) mass is 403 g/mol. The van der Waals surface area contributed by atoms with E-state index in [0.717, 1.165) is 12.8 Å². The van der Waals surface area contributed by atoms with E-state index >= 15 is 0 Å². The third kappa shape index (κ3) is 4.77. The van der Waals surface area contributed by atoms with E-state index < -0.39 is 24.1 Å². The second-order valence-electron chi connectivity index (χ2n) is 6.37. The van der Waals surface area contributed by atoms with Gasteiger partial charge in [-0.2, -0.15) is 0 Å². The van der Waals surface area contributed by atoms with Gasteiger partial charge in [0.05, 0.1) is 22.7 Å². The quantitative estimate of drug-likeness (QED) is 0.672. The molecule has 0 aromatic carbocycles. The molecule has 1 saturated heterocycles. The van der Waals surface area contributed by atoms with E-state index in [1.54, 1.807) is 24.4 Å². The molecule has 0 bridgehead atoms. The summed E-state index contributed by atoms with van der Waals surface area (Å²) in [4.78, 5) is 42.0. The van der Waals surface area contributed by atoms with Crippen LogP contribution in [-0.2, 0) is 4.74 Å². The number of hydrogen-bond donors (Lipinski definition) is 3. The number of ether oxygens (including phenoxy) is 1. The molecule has 2 aromatic heterocycles. The Morgan fingerprint density at radius 3 is 2.75 bits per heavy atom. The lowest BCUT2D eigenvalue weighted by molar-refractivity contribution is 0.0242. The first-order valence-electron chi connectivity index (χ1n) is 8.81. The Hall–Kier alpha value is -3.14. The number of nitrogens with zero attached hydrogens (tertiary/aromatic N) is 2. The van der Waals surface area contributed by atoms with Gasteiger partial charge in [-0.3, -0.25) is 10.3 Å². The van der Waals surface area contributed by atoms with Gasteiger partial charge in [-0.25, -0.2) is 14.4 Å². The third-order valence-electron chi connectivity index (χ3n) is 4.32. The average molecular weight is 403 g/mol. The first kappa shape index (κ1) is 19.6. The van der Waals surface area contributed by atoms with Crippen molar-refractivity contribution in [2.24, 2.45) is 11.5 Å². The molecule has 1 atom stereocenters. The Morgan fingerprint density at radius 2 is 2.07 bits per heavy atom. The molecule has 4 amide bonds. The smallest absolute Gasteiger partial charge is 0.341 e. The van der Waals surface area contributed by atoms with Gasteiger partial charge in [-0.1, -0.05) is 6.07 Å². The second kappa shape index (κ2) is 8.70. The zero-order valence-corrected chi connectivity index (χ0v) is 15.9. The molecule has 148 valence electrons. The Bertz CT molecular complexity index is 870. The van der Waals surface area contributed by atoms with Crippen LogP contribution in [0.5, 0.6) is 0 Å². The first-order valence-corrected chi connectivity index (χ1v) is 9.62. The molecule has 0 aliphatic carbocycles. The maximum Gasteiger partial charge on any atom is 0.341 e. The van der Waals surface area contributed by atoms with Crippen LogP contribution in [-0.4, -0.2) is 47.1 Å². The maximum atomic E-state index is 12.8. The molecule has 1 fully saturated rings. The van der Waals surface area contributed by atoms with Gasteiger partial charge in [0, 0.05) is 12.7 Å². The van der Waals surface area contributed by atoms with Crippen LogP contribution in [0.4, 0.5) is 14.6 Å². The number of rotatable bonds is 4. The van der Waals surface area contributed by atoms with Crippen molar-refractivity contribution in [3.63, 3.8) is 0 Å². The lowest BCUT2D eigenvalue weighted by Gasteiger charge is -2.22. The number of aromatic nitrogens is 1. The summed E-state index contributed by atoms with van der Waals surface area (Å²) in [5, 5.41) is 2.76. The Labute approximate surface area is 165 Å². The fourth-order valence-electron chi connectivity index (χ4n) is 3.00. The normalized spacial score (nSPS) is 16.9. The molecule has 0 radical (unpaired) electrons. The SMILES string of the molecule is NC(=O)Nc1sc(-c2ccccn2)cc1C(=O)OC1CCCCN(C(N)=O)C1.